The van der Waals surface area contributed by atoms with Crippen molar-refractivity contribution in [3.8, 4) is 0 Å². The van der Waals surface area contributed by atoms with Crippen molar-refractivity contribution in [1.29, 1.82) is 0 Å². The van der Waals surface area contributed by atoms with Crippen LogP contribution in [0.1, 0.15) is 21.7 Å². The maximum atomic E-state index is 11.8. The minimum absolute atomic E-state index is 0.00532. The van der Waals surface area contributed by atoms with Gasteiger partial charge in [-0.2, -0.15) is 13.2 Å². The fourth-order valence-corrected chi connectivity index (χ4v) is 1.79. The number of carboxylic acid groups (broad SMARTS) is 1. The molecule has 0 unspecified atom stereocenters. The van der Waals surface area contributed by atoms with E-state index in [9.17, 15) is 18.0 Å². The quantitative estimate of drug-likeness (QED) is 0.857. The van der Waals surface area contributed by atoms with Crippen molar-refractivity contribution in [3.05, 3.63) is 21.9 Å². The Hall–Kier alpha value is -1.04. The Balaban J connectivity index is 2.68. The second-order valence-corrected chi connectivity index (χ2v) is 3.61. The molecule has 1 aromatic heterocycles. The number of rotatable bonds is 3. The molecule has 0 radical (unpaired) electrons. The average Bonchev–Trinajstić information content (AvgIpc) is 2.46. The minimum Gasteiger partial charge on any atom is -0.477 e. The largest absolute Gasteiger partial charge is 0.477 e. The van der Waals surface area contributed by atoms with Gasteiger partial charge in [-0.05, 0) is 23.4 Å². The molecule has 6 heteroatoms. The highest BCUT2D eigenvalue weighted by Crippen LogP contribution is 2.25. The van der Waals surface area contributed by atoms with Gasteiger partial charge in [-0.15, -0.1) is 11.3 Å². The Morgan fingerprint density at radius 3 is 2.64 bits per heavy atom. The summed E-state index contributed by atoms with van der Waals surface area (Å²) in [6.45, 7) is 0. The number of hydrogen-bond acceptors (Lipinski definition) is 2. The first kappa shape index (κ1) is 11.0. The van der Waals surface area contributed by atoms with Crippen LogP contribution in [0.5, 0.6) is 0 Å². The fourth-order valence-electron chi connectivity index (χ4n) is 0.997. The second-order valence-electron chi connectivity index (χ2n) is 2.70. The lowest BCUT2D eigenvalue weighted by Gasteiger charge is -2.04. The number of hydrogen-bond donors (Lipinski definition) is 1. The smallest absolute Gasteiger partial charge is 0.389 e. The molecule has 2 nitrogen and oxygen atoms in total. The van der Waals surface area contributed by atoms with Gasteiger partial charge in [0.05, 0.1) is 0 Å². The second kappa shape index (κ2) is 4.00. The highest BCUT2D eigenvalue weighted by molar-refractivity contribution is 7.12. The Morgan fingerprint density at radius 2 is 2.14 bits per heavy atom. The van der Waals surface area contributed by atoms with Crippen molar-refractivity contribution >= 4 is 17.3 Å². The van der Waals surface area contributed by atoms with Crippen molar-refractivity contribution in [3.63, 3.8) is 0 Å². The molecule has 1 heterocycles. The van der Waals surface area contributed by atoms with Gasteiger partial charge in [0.25, 0.3) is 0 Å². The van der Waals surface area contributed by atoms with Crippen LogP contribution >= 0.6 is 11.3 Å². The zero-order valence-corrected chi connectivity index (χ0v) is 7.78. The van der Waals surface area contributed by atoms with Crippen LogP contribution < -0.4 is 0 Å². The van der Waals surface area contributed by atoms with Gasteiger partial charge in [-0.25, -0.2) is 4.79 Å². The van der Waals surface area contributed by atoms with Gasteiger partial charge in [0.1, 0.15) is 4.88 Å². The molecular weight excluding hydrogens is 217 g/mol. The first-order chi connectivity index (χ1) is 6.40. The van der Waals surface area contributed by atoms with E-state index in [4.69, 9.17) is 5.11 Å². The monoisotopic (exact) mass is 224 g/mol. The zero-order valence-electron chi connectivity index (χ0n) is 6.97. The van der Waals surface area contributed by atoms with E-state index in [0.29, 0.717) is 0 Å². The number of thiophene rings is 1. The number of carboxylic acids is 1. The molecular formula is C8H7F3O2S. The summed E-state index contributed by atoms with van der Waals surface area (Å²) in [5.41, 5.74) is 0.250. The lowest BCUT2D eigenvalue weighted by molar-refractivity contribution is -0.134. The highest BCUT2D eigenvalue weighted by atomic mass is 32.1. The van der Waals surface area contributed by atoms with Gasteiger partial charge >= 0.3 is 12.1 Å². The van der Waals surface area contributed by atoms with Gasteiger partial charge in [-0.1, -0.05) is 0 Å². The highest BCUT2D eigenvalue weighted by Gasteiger charge is 2.27. The van der Waals surface area contributed by atoms with E-state index in [1.807, 2.05) is 0 Å². The van der Waals surface area contributed by atoms with Crippen molar-refractivity contribution in [2.24, 2.45) is 0 Å². The molecule has 0 saturated carbocycles. The van der Waals surface area contributed by atoms with Crippen LogP contribution in [0.2, 0.25) is 0 Å². The van der Waals surface area contributed by atoms with Gasteiger partial charge in [0, 0.05) is 6.42 Å². The summed E-state index contributed by atoms with van der Waals surface area (Å²) in [5, 5.41) is 10.1. The Labute approximate surface area is 82.0 Å². The van der Waals surface area contributed by atoms with Crippen LogP contribution in [0.25, 0.3) is 0 Å². The first-order valence-electron chi connectivity index (χ1n) is 3.76. The molecule has 0 fully saturated rings. The topological polar surface area (TPSA) is 37.3 Å². The molecule has 0 aliphatic carbocycles. The van der Waals surface area contributed by atoms with E-state index in [1.54, 1.807) is 0 Å². The van der Waals surface area contributed by atoms with Crippen LogP contribution in [-0.4, -0.2) is 17.3 Å². The van der Waals surface area contributed by atoms with Gasteiger partial charge < -0.3 is 5.11 Å². The molecule has 1 rings (SSSR count). The molecule has 0 saturated heterocycles. The number of halogens is 3. The molecule has 0 aliphatic heterocycles. The van der Waals surface area contributed by atoms with Crippen molar-refractivity contribution in [1.82, 2.24) is 0 Å². The number of alkyl halides is 3. The van der Waals surface area contributed by atoms with Crippen molar-refractivity contribution < 1.29 is 23.1 Å². The third kappa shape index (κ3) is 3.02. The minimum atomic E-state index is -4.24. The van der Waals surface area contributed by atoms with E-state index in [2.05, 4.69) is 0 Å². The van der Waals surface area contributed by atoms with Crippen molar-refractivity contribution in [2.45, 2.75) is 19.0 Å². The molecule has 1 N–H and O–H groups in total. The third-order valence-corrected chi connectivity index (χ3v) is 2.56. The molecule has 0 spiro atoms. The standard InChI is InChI=1S/C8H7F3O2S/c9-8(10,11)3-1-5-2-4-14-6(5)7(12)13/h2,4H,1,3H2,(H,12,13). The average molecular weight is 224 g/mol. The summed E-state index contributed by atoms with van der Waals surface area (Å²) < 4.78 is 35.5. The summed E-state index contributed by atoms with van der Waals surface area (Å²) in [6, 6.07) is 1.42. The lowest BCUT2D eigenvalue weighted by Crippen LogP contribution is -2.09. The number of aryl methyl sites for hydroxylation is 1. The van der Waals surface area contributed by atoms with E-state index < -0.39 is 18.6 Å². The Morgan fingerprint density at radius 1 is 1.50 bits per heavy atom. The SMILES string of the molecule is O=C(O)c1sccc1CCC(F)(F)F. The molecule has 1 aromatic rings. The molecule has 0 atom stereocenters. The van der Waals surface area contributed by atoms with E-state index in [0.717, 1.165) is 11.3 Å². The van der Waals surface area contributed by atoms with Crippen LogP contribution in [0, 0.1) is 0 Å². The summed E-state index contributed by atoms with van der Waals surface area (Å²) in [5.74, 6) is -1.17. The first-order valence-corrected chi connectivity index (χ1v) is 4.64. The van der Waals surface area contributed by atoms with Gasteiger partial charge in [-0.3, -0.25) is 0 Å². The van der Waals surface area contributed by atoms with Crippen LogP contribution in [0.15, 0.2) is 11.4 Å². The van der Waals surface area contributed by atoms with Crippen LogP contribution in [0.4, 0.5) is 13.2 Å². The van der Waals surface area contributed by atoms with Crippen LogP contribution in [0.3, 0.4) is 0 Å². The zero-order chi connectivity index (χ0) is 10.8. The normalized spacial score (nSPS) is 11.6. The molecule has 0 bridgehead atoms. The number of aromatic carboxylic acids is 1. The van der Waals surface area contributed by atoms with E-state index in [-0.39, 0.29) is 16.9 Å². The summed E-state index contributed by atoms with van der Waals surface area (Å²) in [4.78, 5) is 10.5. The number of carbonyl (C=O) groups is 1. The van der Waals surface area contributed by atoms with Crippen LogP contribution in [-0.2, 0) is 6.42 Å². The summed E-state index contributed by atoms with van der Waals surface area (Å²) in [7, 11) is 0. The molecule has 0 aromatic carbocycles. The molecule has 0 aliphatic rings. The molecule has 78 valence electrons. The predicted molar refractivity (Wildman–Crippen MR) is 45.7 cm³/mol. The van der Waals surface area contributed by atoms with Gasteiger partial charge in [0.2, 0.25) is 0 Å². The van der Waals surface area contributed by atoms with Gasteiger partial charge in [0.15, 0.2) is 0 Å². The fraction of sp³-hybridized carbons (Fsp3) is 0.375. The maximum absolute atomic E-state index is 11.8. The molecule has 14 heavy (non-hydrogen) atoms. The Kier molecular flexibility index (Phi) is 3.15. The van der Waals surface area contributed by atoms with Crippen molar-refractivity contribution in [2.75, 3.05) is 0 Å². The summed E-state index contributed by atoms with van der Waals surface area (Å²) >= 11 is 0.941. The van der Waals surface area contributed by atoms with E-state index in [1.165, 1.54) is 11.4 Å². The summed E-state index contributed by atoms with van der Waals surface area (Å²) in [6.07, 6.45) is -5.49. The molecule has 0 amide bonds. The third-order valence-electron chi connectivity index (χ3n) is 1.62. The Bertz CT molecular complexity index is 330. The maximum Gasteiger partial charge on any atom is 0.389 e. The predicted octanol–water partition coefficient (Wildman–Crippen LogP) is 2.94. The van der Waals surface area contributed by atoms with E-state index >= 15 is 0 Å². The lowest BCUT2D eigenvalue weighted by atomic mass is 10.1.